The first-order valence-electron chi connectivity index (χ1n) is 9.37. The average Bonchev–Trinajstić information content (AvgIpc) is 3.24. The first kappa shape index (κ1) is 17.3. The molecule has 3 aliphatic rings. The van der Waals surface area contributed by atoms with Crippen molar-refractivity contribution in [1.82, 2.24) is 15.1 Å². The van der Waals surface area contributed by atoms with Gasteiger partial charge in [-0.15, -0.1) is 10.2 Å². The number of benzene rings is 1. The Morgan fingerprint density at radius 1 is 1.25 bits per heavy atom. The van der Waals surface area contributed by atoms with Crippen LogP contribution in [0.2, 0.25) is 0 Å². The van der Waals surface area contributed by atoms with Crippen molar-refractivity contribution < 1.29 is 14.4 Å². The molecule has 3 heterocycles. The van der Waals surface area contributed by atoms with Crippen molar-refractivity contribution in [2.45, 2.75) is 43.7 Å². The zero-order chi connectivity index (χ0) is 19.5. The Hall–Kier alpha value is -2.81. The van der Waals surface area contributed by atoms with E-state index >= 15 is 0 Å². The third kappa shape index (κ3) is 2.25. The molecule has 2 aliphatic heterocycles. The normalized spacial score (nSPS) is 24.0. The quantitative estimate of drug-likeness (QED) is 0.858. The monoisotopic (exact) mass is 397 g/mol. The summed E-state index contributed by atoms with van der Waals surface area (Å²) in [7, 11) is 1.57. The van der Waals surface area contributed by atoms with E-state index in [9.17, 15) is 14.4 Å². The van der Waals surface area contributed by atoms with E-state index in [0.29, 0.717) is 22.3 Å². The van der Waals surface area contributed by atoms with Crippen molar-refractivity contribution in [3.05, 3.63) is 34.8 Å². The molecule has 0 radical (unpaired) electrons. The summed E-state index contributed by atoms with van der Waals surface area (Å²) in [6.07, 6.45) is 3.83. The molecular weight excluding hydrogens is 378 g/mol. The molecule has 1 atom stereocenters. The van der Waals surface area contributed by atoms with E-state index in [4.69, 9.17) is 0 Å². The largest absolute Gasteiger partial charge is 0.310 e. The van der Waals surface area contributed by atoms with E-state index in [0.717, 1.165) is 17.8 Å². The lowest BCUT2D eigenvalue weighted by Crippen LogP contribution is -2.68. The number of amides is 3. The lowest BCUT2D eigenvalue weighted by molar-refractivity contribution is -0.128. The van der Waals surface area contributed by atoms with Crippen molar-refractivity contribution in [2.24, 2.45) is 0 Å². The van der Waals surface area contributed by atoms with Gasteiger partial charge in [0, 0.05) is 25.8 Å². The van der Waals surface area contributed by atoms with Crippen LogP contribution in [0.3, 0.4) is 0 Å². The predicted octanol–water partition coefficient (Wildman–Crippen LogP) is 2.35. The topological polar surface area (TPSA) is 95.5 Å². The number of rotatable bonds is 3. The fourth-order valence-electron chi connectivity index (χ4n) is 4.23. The van der Waals surface area contributed by atoms with Crippen LogP contribution in [0.4, 0.5) is 10.8 Å². The molecule has 9 heteroatoms. The minimum absolute atomic E-state index is 0.172. The molecule has 1 aromatic carbocycles. The number of aromatic nitrogens is 2. The highest BCUT2D eigenvalue weighted by Gasteiger charge is 2.59. The minimum atomic E-state index is -1.38. The van der Waals surface area contributed by atoms with Gasteiger partial charge in [0.25, 0.3) is 11.8 Å². The minimum Gasteiger partial charge on any atom is -0.310 e. The summed E-state index contributed by atoms with van der Waals surface area (Å²) in [6.45, 7) is 0. The number of fused-ring (bicyclic) bond motifs is 3. The maximum Gasteiger partial charge on any atom is 0.273 e. The molecule has 0 unspecified atom stereocenters. The zero-order valence-electron chi connectivity index (χ0n) is 15.3. The van der Waals surface area contributed by atoms with Gasteiger partial charge in [-0.2, -0.15) is 0 Å². The number of hydrogen-bond acceptors (Lipinski definition) is 6. The van der Waals surface area contributed by atoms with Gasteiger partial charge in [0.15, 0.2) is 0 Å². The van der Waals surface area contributed by atoms with E-state index in [1.807, 2.05) is 0 Å². The standard InChI is InChI=1S/C19H19N5O3S/c1-23-16(26)12-7-2-3-8-13(12)24-14(25)9-10-19(23,24)17(27)20-18-22-21-15(28-18)11-5-4-6-11/h2-3,7-8,11H,4-6,9-10H2,1H3,(H,20,22,27)/t19-/m1/s1. The number of nitrogens with one attached hydrogen (secondary N) is 1. The average molecular weight is 397 g/mol. The second-order valence-electron chi connectivity index (χ2n) is 7.45. The fourth-order valence-corrected chi connectivity index (χ4v) is 5.14. The Balaban J connectivity index is 1.51. The second kappa shape index (κ2) is 6.10. The first-order valence-corrected chi connectivity index (χ1v) is 10.2. The molecule has 0 bridgehead atoms. The molecule has 3 amide bonds. The maximum atomic E-state index is 13.4. The van der Waals surface area contributed by atoms with Crippen molar-refractivity contribution >= 4 is 39.9 Å². The Morgan fingerprint density at radius 2 is 2.04 bits per heavy atom. The van der Waals surface area contributed by atoms with Crippen LogP contribution in [0, 0.1) is 0 Å². The molecule has 5 rings (SSSR count). The van der Waals surface area contributed by atoms with Crippen LogP contribution in [-0.2, 0) is 9.59 Å². The number of anilines is 2. The van der Waals surface area contributed by atoms with Gasteiger partial charge in [-0.1, -0.05) is 29.9 Å². The SMILES string of the molecule is CN1C(=O)c2ccccc2N2C(=O)CC[C@@]12C(=O)Nc1nnc(C2CCC2)s1. The fraction of sp³-hybridized carbons (Fsp3) is 0.421. The molecule has 1 saturated carbocycles. The van der Waals surface area contributed by atoms with Crippen LogP contribution in [0.5, 0.6) is 0 Å². The molecular formula is C19H19N5O3S. The second-order valence-corrected chi connectivity index (χ2v) is 8.46. The number of hydrogen-bond donors (Lipinski definition) is 1. The van der Waals surface area contributed by atoms with Gasteiger partial charge < -0.3 is 4.90 Å². The van der Waals surface area contributed by atoms with E-state index < -0.39 is 11.6 Å². The number of para-hydroxylation sites is 1. The van der Waals surface area contributed by atoms with Crippen LogP contribution < -0.4 is 10.2 Å². The van der Waals surface area contributed by atoms with Crippen LogP contribution >= 0.6 is 11.3 Å². The first-order chi connectivity index (χ1) is 13.5. The smallest absolute Gasteiger partial charge is 0.273 e. The Labute approximate surface area is 165 Å². The summed E-state index contributed by atoms with van der Waals surface area (Å²) < 4.78 is 0. The summed E-state index contributed by atoms with van der Waals surface area (Å²) in [6, 6.07) is 6.91. The number of likely N-dealkylation sites (N-methyl/N-ethyl adjacent to an activating group) is 1. The van der Waals surface area contributed by atoms with Crippen molar-refractivity contribution in [2.75, 3.05) is 17.3 Å². The number of carbonyl (C=O) groups is 3. The van der Waals surface area contributed by atoms with E-state index in [1.165, 1.54) is 27.6 Å². The third-order valence-electron chi connectivity index (χ3n) is 6.02. The summed E-state index contributed by atoms with van der Waals surface area (Å²) in [5.74, 6) is -0.449. The lowest BCUT2D eigenvalue weighted by atomic mass is 9.86. The molecule has 2 aromatic rings. The summed E-state index contributed by atoms with van der Waals surface area (Å²) in [5, 5.41) is 12.4. The van der Waals surface area contributed by atoms with Crippen LogP contribution in [0.25, 0.3) is 0 Å². The number of nitrogens with zero attached hydrogens (tertiary/aromatic N) is 4. The van der Waals surface area contributed by atoms with E-state index in [2.05, 4.69) is 15.5 Å². The van der Waals surface area contributed by atoms with Crippen molar-refractivity contribution in [3.63, 3.8) is 0 Å². The van der Waals surface area contributed by atoms with Gasteiger partial charge in [0.05, 0.1) is 11.3 Å². The lowest BCUT2D eigenvalue weighted by Gasteiger charge is -2.47. The highest BCUT2D eigenvalue weighted by molar-refractivity contribution is 7.15. The van der Waals surface area contributed by atoms with Gasteiger partial charge in [0.1, 0.15) is 5.01 Å². The maximum absolute atomic E-state index is 13.4. The summed E-state index contributed by atoms with van der Waals surface area (Å²) >= 11 is 1.37. The van der Waals surface area contributed by atoms with Crippen LogP contribution in [0.15, 0.2) is 24.3 Å². The van der Waals surface area contributed by atoms with Gasteiger partial charge >= 0.3 is 0 Å². The Morgan fingerprint density at radius 3 is 2.79 bits per heavy atom. The van der Waals surface area contributed by atoms with E-state index in [-0.39, 0.29) is 24.7 Å². The number of carbonyl (C=O) groups excluding carboxylic acids is 3. The predicted molar refractivity (Wildman–Crippen MR) is 103 cm³/mol. The summed E-state index contributed by atoms with van der Waals surface area (Å²) in [5.41, 5.74) is -0.479. The Kier molecular flexibility index (Phi) is 3.77. The molecule has 1 N–H and O–H groups in total. The van der Waals surface area contributed by atoms with Crippen molar-refractivity contribution in [1.29, 1.82) is 0 Å². The molecule has 1 saturated heterocycles. The molecule has 144 valence electrons. The molecule has 28 heavy (non-hydrogen) atoms. The molecule has 0 spiro atoms. The molecule has 2 fully saturated rings. The van der Waals surface area contributed by atoms with Gasteiger partial charge in [-0.3, -0.25) is 24.6 Å². The van der Waals surface area contributed by atoms with Gasteiger partial charge in [0.2, 0.25) is 16.7 Å². The molecule has 8 nitrogen and oxygen atoms in total. The summed E-state index contributed by atoms with van der Waals surface area (Å²) in [4.78, 5) is 41.9. The van der Waals surface area contributed by atoms with Gasteiger partial charge in [-0.05, 0) is 25.0 Å². The highest BCUT2D eigenvalue weighted by Crippen LogP contribution is 2.44. The van der Waals surface area contributed by atoms with E-state index in [1.54, 1.807) is 31.3 Å². The van der Waals surface area contributed by atoms with Crippen molar-refractivity contribution in [3.8, 4) is 0 Å². The van der Waals surface area contributed by atoms with Crippen LogP contribution in [-0.4, -0.2) is 45.5 Å². The highest BCUT2D eigenvalue weighted by atomic mass is 32.1. The zero-order valence-corrected chi connectivity index (χ0v) is 16.2. The van der Waals surface area contributed by atoms with Gasteiger partial charge in [-0.25, -0.2) is 0 Å². The Bertz CT molecular complexity index is 1000. The van der Waals surface area contributed by atoms with Crippen LogP contribution in [0.1, 0.15) is 53.4 Å². The molecule has 1 aliphatic carbocycles. The molecule has 1 aromatic heterocycles. The third-order valence-corrected chi connectivity index (χ3v) is 7.02.